The number of sulfone groups is 1. The molecule has 2 unspecified atom stereocenters. The average Bonchev–Trinajstić information content (AvgIpc) is 3.49. The van der Waals surface area contributed by atoms with E-state index in [4.69, 9.17) is 19.3 Å². The van der Waals surface area contributed by atoms with E-state index in [2.05, 4.69) is 4.98 Å². The van der Waals surface area contributed by atoms with Crippen molar-refractivity contribution in [1.82, 2.24) is 4.98 Å². The molecule has 1 aromatic heterocycles. The first-order valence-electron chi connectivity index (χ1n) is 13.9. The predicted octanol–water partition coefficient (Wildman–Crippen LogP) is 6.21. The van der Waals surface area contributed by atoms with Gasteiger partial charge in [0, 0.05) is 35.6 Å². The Kier molecular flexibility index (Phi) is 8.34. The van der Waals surface area contributed by atoms with Gasteiger partial charge in [-0.3, -0.25) is 4.79 Å². The molecule has 5 rings (SSSR count). The molecule has 2 aromatic carbocycles. The third-order valence-electron chi connectivity index (χ3n) is 7.78. The number of fused-ring (bicyclic) bond motifs is 2. The van der Waals surface area contributed by atoms with E-state index in [0.29, 0.717) is 47.5 Å². The standard InChI is InChI=1S/C31H32F3NO7S/c1-17-11-20(40-9-4-10-43(3,38)39)12-18(2)29(17)21-5-7-24(31(32,33)34)30-22(21)6-8-25(30)42-27-14-26-23(15-35-27)19(16-41-26)13-28(36)37/h5,7,11-12,14-15,19,25H,4,6,8-10,13,16H2,1-3H3,(H,36,37). The van der Waals surface area contributed by atoms with Gasteiger partial charge in [0.05, 0.1) is 31.0 Å². The van der Waals surface area contributed by atoms with Crippen LogP contribution < -0.4 is 14.2 Å². The molecule has 1 aliphatic carbocycles. The number of hydrogen-bond acceptors (Lipinski definition) is 7. The predicted molar refractivity (Wildman–Crippen MR) is 153 cm³/mol. The first kappa shape index (κ1) is 30.7. The Bertz CT molecular complexity index is 1650. The van der Waals surface area contributed by atoms with Gasteiger partial charge in [-0.1, -0.05) is 6.07 Å². The molecule has 0 bridgehead atoms. The van der Waals surface area contributed by atoms with Crippen LogP contribution in [0.5, 0.6) is 17.4 Å². The lowest BCUT2D eigenvalue weighted by molar-refractivity contribution is -0.139. The van der Waals surface area contributed by atoms with E-state index in [1.54, 1.807) is 0 Å². The second-order valence-corrected chi connectivity index (χ2v) is 13.4. The Hall–Kier alpha value is -3.80. The summed E-state index contributed by atoms with van der Waals surface area (Å²) in [6.07, 6.45) is -1.94. The normalized spacial score (nSPS) is 17.7. The van der Waals surface area contributed by atoms with Crippen molar-refractivity contribution in [1.29, 1.82) is 0 Å². The summed E-state index contributed by atoms with van der Waals surface area (Å²) in [4.78, 5) is 15.4. The molecule has 12 heteroatoms. The third kappa shape index (κ3) is 6.74. The van der Waals surface area contributed by atoms with Crippen LogP contribution in [0.2, 0.25) is 0 Å². The van der Waals surface area contributed by atoms with Gasteiger partial charge < -0.3 is 19.3 Å². The molecule has 0 spiro atoms. The molecule has 230 valence electrons. The summed E-state index contributed by atoms with van der Waals surface area (Å²) in [6.45, 7) is 4.14. The first-order chi connectivity index (χ1) is 20.2. The smallest absolute Gasteiger partial charge is 0.416 e. The second-order valence-electron chi connectivity index (χ2n) is 11.1. The summed E-state index contributed by atoms with van der Waals surface area (Å²) in [5.74, 6) is -0.204. The second kappa shape index (κ2) is 11.7. The van der Waals surface area contributed by atoms with Gasteiger partial charge in [-0.2, -0.15) is 13.2 Å². The number of pyridine rings is 1. The fourth-order valence-corrected chi connectivity index (χ4v) is 6.64. The number of aliphatic carboxylic acids is 1. The Labute approximate surface area is 247 Å². The summed E-state index contributed by atoms with van der Waals surface area (Å²) in [7, 11) is -3.09. The minimum Gasteiger partial charge on any atom is -0.494 e. The van der Waals surface area contributed by atoms with Crippen molar-refractivity contribution in [3.05, 3.63) is 69.9 Å². The highest BCUT2D eigenvalue weighted by Crippen LogP contribution is 2.48. The number of alkyl halides is 3. The summed E-state index contributed by atoms with van der Waals surface area (Å²) in [5, 5.41) is 9.13. The molecule has 1 aliphatic heterocycles. The molecule has 1 N–H and O–H groups in total. The Balaban J connectivity index is 1.44. The maximum atomic E-state index is 14.3. The zero-order chi connectivity index (χ0) is 31.1. The van der Waals surface area contributed by atoms with E-state index in [1.807, 2.05) is 26.0 Å². The highest BCUT2D eigenvalue weighted by molar-refractivity contribution is 7.90. The van der Waals surface area contributed by atoms with Gasteiger partial charge in [-0.05, 0) is 79.1 Å². The molecule has 2 heterocycles. The number of hydrogen-bond donors (Lipinski definition) is 1. The Morgan fingerprint density at radius 3 is 2.53 bits per heavy atom. The number of carboxylic acids is 1. The fraction of sp³-hybridized carbons (Fsp3) is 0.419. The van der Waals surface area contributed by atoms with E-state index >= 15 is 0 Å². The van der Waals surface area contributed by atoms with Gasteiger partial charge in [0.15, 0.2) is 0 Å². The average molecular weight is 620 g/mol. The monoisotopic (exact) mass is 619 g/mol. The van der Waals surface area contributed by atoms with E-state index in [0.717, 1.165) is 22.8 Å². The molecule has 0 saturated carbocycles. The molecule has 43 heavy (non-hydrogen) atoms. The number of halogens is 3. The van der Waals surface area contributed by atoms with Crippen molar-refractivity contribution in [2.24, 2.45) is 0 Å². The molecule has 2 aliphatic rings. The minimum absolute atomic E-state index is 0.0171. The van der Waals surface area contributed by atoms with Gasteiger partial charge in [0.25, 0.3) is 0 Å². The van der Waals surface area contributed by atoms with Crippen molar-refractivity contribution in [3.63, 3.8) is 0 Å². The molecule has 0 radical (unpaired) electrons. The van der Waals surface area contributed by atoms with Crippen LogP contribution in [0.3, 0.4) is 0 Å². The number of benzene rings is 2. The maximum Gasteiger partial charge on any atom is 0.416 e. The van der Waals surface area contributed by atoms with Crippen LogP contribution in [-0.4, -0.2) is 49.7 Å². The number of aryl methyl sites for hydroxylation is 2. The van der Waals surface area contributed by atoms with Crippen molar-refractivity contribution in [3.8, 4) is 28.5 Å². The maximum absolute atomic E-state index is 14.3. The number of carboxylic acid groups (broad SMARTS) is 1. The first-order valence-corrected chi connectivity index (χ1v) is 15.9. The lowest BCUT2D eigenvalue weighted by atomic mass is 9.88. The molecular formula is C31H32F3NO7S. The highest BCUT2D eigenvalue weighted by atomic mass is 32.2. The molecule has 0 saturated heterocycles. The van der Waals surface area contributed by atoms with Gasteiger partial charge in [0.1, 0.15) is 27.4 Å². The molecule has 2 atom stereocenters. The van der Waals surface area contributed by atoms with Crippen molar-refractivity contribution < 1.29 is 45.7 Å². The topological polar surface area (TPSA) is 112 Å². The van der Waals surface area contributed by atoms with Crippen LogP contribution in [-0.2, 0) is 27.2 Å². The highest BCUT2D eigenvalue weighted by Gasteiger charge is 2.41. The van der Waals surface area contributed by atoms with E-state index in [1.165, 1.54) is 24.6 Å². The van der Waals surface area contributed by atoms with E-state index in [9.17, 15) is 26.4 Å². The Morgan fingerprint density at radius 1 is 1.16 bits per heavy atom. The largest absolute Gasteiger partial charge is 0.494 e. The molecule has 0 fully saturated rings. The van der Waals surface area contributed by atoms with E-state index < -0.39 is 33.7 Å². The van der Waals surface area contributed by atoms with Crippen LogP contribution in [0.1, 0.15) is 64.7 Å². The molecule has 0 amide bonds. The number of carbonyl (C=O) groups is 1. The summed E-state index contributed by atoms with van der Waals surface area (Å²) in [6, 6.07) is 7.73. The molecule has 3 aromatic rings. The number of nitrogens with zero attached hydrogens (tertiary/aromatic N) is 1. The zero-order valence-corrected chi connectivity index (χ0v) is 24.8. The van der Waals surface area contributed by atoms with Gasteiger partial charge in [-0.15, -0.1) is 0 Å². The van der Waals surface area contributed by atoms with Gasteiger partial charge >= 0.3 is 12.1 Å². The van der Waals surface area contributed by atoms with Crippen molar-refractivity contribution >= 4 is 15.8 Å². The van der Waals surface area contributed by atoms with Crippen LogP contribution in [0.25, 0.3) is 11.1 Å². The van der Waals surface area contributed by atoms with Gasteiger partial charge in [-0.25, -0.2) is 13.4 Å². The number of aromatic nitrogens is 1. The summed E-state index contributed by atoms with van der Waals surface area (Å²) in [5.41, 5.74) is 3.65. The lowest BCUT2D eigenvalue weighted by Gasteiger charge is -2.22. The van der Waals surface area contributed by atoms with Crippen LogP contribution in [0, 0.1) is 13.8 Å². The van der Waals surface area contributed by atoms with E-state index in [-0.39, 0.29) is 42.7 Å². The fourth-order valence-electron chi connectivity index (χ4n) is 6.00. The summed E-state index contributed by atoms with van der Waals surface area (Å²) >= 11 is 0. The number of rotatable bonds is 10. The van der Waals surface area contributed by atoms with Gasteiger partial charge in [0.2, 0.25) is 5.88 Å². The molecular weight excluding hydrogens is 587 g/mol. The quantitative estimate of drug-likeness (QED) is 0.267. The summed E-state index contributed by atoms with van der Waals surface area (Å²) < 4.78 is 83.0. The number of ether oxygens (including phenoxy) is 3. The Morgan fingerprint density at radius 2 is 1.88 bits per heavy atom. The lowest BCUT2D eigenvalue weighted by Crippen LogP contribution is -2.15. The van der Waals surface area contributed by atoms with Crippen LogP contribution >= 0.6 is 0 Å². The third-order valence-corrected chi connectivity index (χ3v) is 8.81. The zero-order valence-electron chi connectivity index (χ0n) is 24.0. The van der Waals surface area contributed by atoms with Crippen molar-refractivity contribution in [2.45, 2.75) is 57.7 Å². The molecule has 8 nitrogen and oxygen atoms in total. The SMILES string of the molecule is Cc1cc(OCCCS(C)(=O)=O)cc(C)c1-c1ccc(C(F)(F)F)c2c1CCC2Oc1cc2c(cn1)C(CC(=O)O)CO2. The minimum atomic E-state index is -4.60. The van der Waals surface area contributed by atoms with Crippen molar-refractivity contribution in [2.75, 3.05) is 25.2 Å². The van der Waals surface area contributed by atoms with Crippen LogP contribution in [0.4, 0.5) is 13.2 Å². The van der Waals surface area contributed by atoms with Crippen LogP contribution in [0.15, 0.2) is 36.5 Å².